The number of anilines is 1. The second-order valence-corrected chi connectivity index (χ2v) is 12.3. The van der Waals surface area contributed by atoms with Crippen molar-refractivity contribution in [3.63, 3.8) is 0 Å². The molecule has 4 rings (SSSR count). The molecule has 7 nitrogen and oxygen atoms in total. The first-order chi connectivity index (χ1) is 16.6. The van der Waals surface area contributed by atoms with Gasteiger partial charge in [0.05, 0.1) is 10.8 Å². The third-order valence-corrected chi connectivity index (χ3v) is 10.1. The highest BCUT2D eigenvalue weighted by atomic mass is 32.2. The van der Waals surface area contributed by atoms with Gasteiger partial charge in [-0.25, -0.2) is 8.42 Å². The summed E-state index contributed by atoms with van der Waals surface area (Å²) in [4.78, 5) is 27.5. The molecule has 3 N–H and O–H groups in total. The number of piperidine rings is 1. The largest absolute Gasteiger partial charge is 0.369 e. The Morgan fingerprint density at radius 1 is 1.06 bits per heavy atom. The molecule has 0 radical (unpaired) electrons. The maximum absolute atomic E-state index is 13.8. The van der Waals surface area contributed by atoms with Crippen LogP contribution >= 0.6 is 0 Å². The third kappa shape index (κ3) is 5.14. The molecule has 1 saturated carbocycles. The lowest BCUT2D eigenvalue weighted by molar-refractivity contribution is -0.123. The van der Waals surface area contributed by atoms with Crippen molar-refractivity contribution in [2.75, 3.05) is 18.4 Å². The maximum Gasteiger partial charge on any atom is 0.246 e. The summed E-state index contributed by atoms with van der Waals surface area (Å²) >= 11 is 0. The molecule has 1 aliphatic heterocycles. The molecule has 1 atom stereocenters. The van der Waals surface area contributed by atoms with Crippen molar-refractivity contribution in [2.45, 2.75) is 68.6 Å². The van der Waals surface area contributed by atoms with Crippen LogP contribution < -0.4 is 11.1 Å². The molecule has 0 unspecified atom stereocenters. The van der Waals surface area contributed by atoms with Crippen LogP contribution in [-0.2, 0) is 26.0 Å². The van der Waals surface area contributed by atoms with Gasteiger partial charge in [0.1, 0.15) is 0 Å². The Balaban J connectivity index is 1.50. The first kappa shape index (κ1) is 25.4. The predicted octanol–water partition coefficient (Wildman–Crippen LogP) is 3.73. The number of nitrogens with one attached hydrogen (secondary N) is 1. The smallest absolute Gasteiger partial charge is 0.246 e. The molecule has 2 aliphatic rings. The summed E-state index contributed by atoms with van der Waals surface area (Å²) in [6.07, 6.45) is 3.84. The van der Waals surface area contributed by atoms with E-state index >= 15 is 0 Å². The zero-order valence-electron chi connectivity index (χ0n) is 20.5. The van der Waals surface area contributed by atoms with E-state index in [-0.39, 0.29) is 16.7 Å². The summed E-state index contributed by atoms with van der Waals surface area (Å²) in [5.41, 5.74) is 8.64. The van der Waals surface area contributed by atoms with Gasteiger partial charge in [-0.15, -0.1) is 0 Å². The average Bonchev–Trinajstić information content (AvgIpc) is 3.34. The fraction of sp³-hybridized carbons (Fsp3) is 0.481. The summed E-state index contributed by atoms with van der Waals surface area (Å²) < 4.78 is 26.2. The van der Waals surface area contributed by atoms with Crippen LogP contribution in [0.1, 0.15) is 55.2 Å². The summed E-state index contributed by atoms with van der Waals surface area (Å²) in [5.74, 6) is -0.808. The average molecular weight is 498 g/mol. The minimum Gasteiger partial charge on any atom is -0.369 e. The molecule has 2 aromatic rings. The van der Waals surface area contributed by atoms with Gasteiger partial charge in [-0.3, -0.25) is 14.5 Å². The zero-order chi connectivity index (χ0) is 25.2. The predicted molar refractivity (Wildman–Crippen MR) is 137 cm³/mol. The van der Waals surface area contributed by atoms with Gasteiger partial charge in [0.15, 0.2) is 14.6 Å². The Morgan fingerprint density at radius 2 is 1.74 bits per heavy atom. The van der Waals surface area contributed by atoms with Crippen LogP contribution in [0.25, 0.3) is 0 Å². The van der Waals surface area contributed by atoms with E-state index < -0.39 is 20.5 Å². The molecule has 35 heavy (non-hydrogen) atoms. The number of carbonyl (C=O) groups excluding carboxylic acids is 2. The number of benzene rings is 2. The van der Waals surface area contributed by atoms with E-state index in [2.05, 4.69) is 10.2 Å². The number of aryl methyl sites for hydroxylation is 2. The van der Waals surface area contributed by atoms with Gasteiger partial charge in [-0.05, 0) is 81.0 Å². The molecule has 2 fully saturated rings. The molecular formula is C27H35N3O4S. The quantitative estimate of drug-likeness (QED) is 0.606. The standard InChI is InChI=1S/C27H35N3O4S/c1-19-7-8-20(2)24(16-19)35(33,34)27(13-3-4-14-27)26(32)29-23-11-9-21(10-12-23)17-30-15-5-6-22(18-30)25(28)31/h7-12,16,22H,3-6,13-15,17-18H2,1-2H3,(H2,28,31)(H,29,32)/t22-/m1/s1. The van der Waals surface area contributed by atoms with Crippen molar-refractivity contribution in [1.29, 1.82) is 0 Å². The van der Waals surface area contributed by atoms with Gasteiger partial charge in [0, 0.05) is 18.8 Å². The first-order valence-corrected chi connectivity index (χ1v) is 13.8. The van der Waals surface area contributed by atoms with Crippen molar-refractivity contribution >= 4 is 27.3 Å². The van der Waals surface area contributed by atoms with Gasteiger partial charge in [0.25, 0.3) is 0 Å². The van der Waals surface area contributed by atoms with E-state index in [0.717, 1.165) is 30.5 Å². The highest BCUT2D eigenvalue weighted by Gasteiger charge is 2.53. The Hall–Kier alpha value is -2.71. The molecule has 0 spiro atoms. The second kappa shape index (κ2) is 10.1. The molecule has 0 bridgehead atoms. The lowest BCUT2D eigenvalue weighted by Gasteiger charge is -2.31. The first-order valence-electron chi connectivity index (χ1n) is 12.4. The van der Waals surface area contributed by atoms with E-state index in [4.69, 9.17) is 5.73 Å². The summed E-state index contributed by atoms with van der Waals surface area (Å²) in [5, 5.41) is 2.89. The third-order valence-electron chi connectivity index (χ3n) is 7.50. The number of amides is 2. The van der Waals surface area contributed by atoms with Crippen molar-refractivity contribution in [3.05, 3.63) is 59.2 Å². The number of likely N-dealkylation sites (tertiary alicyclic amines) is 1. The second-order valence-electron chi connectivity index (χ2n) is 10.1. The van der Waals surface area contributed by atoms with Crippen LogP contribution in [0.2, 0.25) is 0 Å². The molecule has 2 aromatic carbocycles. The lowest BCUT2D eigenvalue weighted by Crippen LogP contribution is -2.47. The Bertz CT molecular complexity index is 1200. The molecule has 8 heteroatoms. The molecule has 188 valence electrons. The fourth-order valence-electron chi connectivity index (χ4n) is 5.40. The normalized spacial score (nSPS) is 20.5. The van der Waals surface area contributed by atoms with Crippen molar-refractivity contribution in [2.24, 2.45) is 11.7 Å². The van der Waals surface area contributed by atoms with E-state index in [1.807, 2.05) is 37.3 Å². The Morgan fingerprint density at radius 3 is 2.40 bits per heavy atom. The molecule has 1 aliphatic carbocycles. The topological polar surface area (TPSA) is 110 Å². The number of carbonyl (C=O) groups is 2. The van der Waals surface area contributed by atoms with Gasteiger partial charge in [0.2, 0.25) is 11.8 Å². The van der Waals surface area contributed by atoms with E-state index in [0.29, 0.717) is 50.0 Å². The highest BCUT2D eigenvalue weighted by molar-refractivity contribution is 7.93. The minimum absolute atomic E-state index is 0.107. The highest BCUT2D eigenvalue weighted by Crippen LogP contribution is 2.42. The number of nitrogens with zero attached hydrogens (tertiary/aromatic N) is 1. The van der Waals surface area contributed by atoms with Crippen LogP contribution in [0.4, 0.5) is 5.69 Å². The molecular weight excluding hydrogens is 462 g/mol. The molecule has 1 heterocycles. The van der Waals surface area contributed by atoms with Gasteiger partial charge in [-0.1, -0.05) is 37.1 Å². The van der Waals surface area contributed by atoms with Crippen molar-refractivity contribution in [1.82, 2.24) is 4.90 Å². The van der Waals surface area contributed by atoms with Crippen molar-refractivity contribution in [3.8, 4) is 0 Å². The van der Waals surface area contributed by atoms with Crippen LogP contribution in [-0.4, -0.2) is 43.0 Å². The van der Waals surface area contributed by atoms with Gasteiger partial charge in [-0.2, -0.15) is 0 Å². The monoisotopic (exact) mass is 497 g/mol. The van der Waals surface area contributed by atoms with Crippen molar-refractivity contribution < 1.29 is 18.0 Å². The van der Waals surface area contributed by atoms with E-state index in [1.54, 1.807) is 19.1 Å². The van der Waals surface area contributed by atoms with Gasteiger partial charge >= 0.3 is 0 Å². The summed E-state index contributed by atoms with van der Waals surface area (Å²) in [7, 11) is -3.87. The number of hydrogen-bond acceptors (Lipinski definition) is 5. The molecule has 1 saturated heterocycles. The number of sulfone groups is 1. The summed E-state index contributed by atoms with van der Waals surface area (Å²) in [6, 6.07) is 12.9. The maximum atomic E-state index is 13.8. The molecule has 2 amide bonds. The Labute approximate surface area is 208 Å². The SMILES string of the molecule is Cc1ccc(C)c(S(=O)(=O)C2(C(=O)Nc3ccc(CN4CCC[C@@H](C(N)=O)C4)cc3)CCCC2)c1. The fourth-order valence-corrected chi connectivity index (χ4v) is 7.77. The van der Waals surface area contributed by atoms with Crippen LogP contribution in [0.3, 0.4) is 0 Å². The van der Waals surface area contributed by atoms with Gasteiger partial charge < -0.3 is 11.1 Å². The number of primary amides is 1. The van der Waals surface area contributed by atoms with E-state index in [1.165, 1.54) is 0 Å². The zero-order valence-corrected chi connectivity index (χ0v) is 21.4. The van der Waals surface area contributed by atoms with Crippen LogP contribution in [0, 0.1) is 19.8 Å². The van der Waals surface area contributed by atoms with Crippen LogP contribution in [0.15, 0.2) is 47.4 Å². The summed E-state index contributed by atoms with van der Waals surface area (Å²) in [6.45, 7) is 5.91. The number of nitrogens with two attached hydrogens (primary N) is 1. The van der Waals surface area contributed by atoms with E-state index in [9.17, 15) is 18.0 Å². The number of rotatable bonds is 7. The molecule has 0 aromatic heterocycles. The minimum atomic E-state index is -3.87. The number of hydrogen-bond donors (Lipinski definition) is 2. The lowest BCUT2D eigenvalue weighted by atomic mass is 9.97. The van der Waals surface area contributed by atoms with Crippen LogP contribution in [0.5, 0.6) is 0 Å². The Kier molecular flexibility index (Phi) is 7.33.